The molecule has 0 aromatic carbocycles. The van der Waals surface area contributed by atoms with Crippen LogP contribution in [0.4, 0.5) is 0 Å². The summed E-state index contributed by atoms with van der Waals surface area (Å²) in [5, 5.41) is 0. The van der Waals surface area contributed by atoms with Gasteiger partial charge in [0.15, 0.2) is 0 Å². The number of nitrogens with zero attached hydrogens (tertiary/aromatic N) is 2. The molecule has 1 aliphatic rings. The van der Waals surface area contributed by atoms with Crippen molar-refractivity contribution in [2.24, 2.45) is 0 Å². The molecule has 1 aliphatic heterocycles. The fraction of sp³-hybridized carbons (Fsp3) is 0.950. The molecule has 0 amide bonds. The SMILES string of the molecule is CCCCCCCCCCCCCCN1C=CN(CCCCCCCCCC)C1CCCCCCCCCCCCC. The van der Waals surface area contributed by atoms with Crippen LogP contribution in [0.1, 0.15) is 226 Å². The van der Waals surface area contributed by atoms with E-state index in [1.165, 1.54) is 219 Å². The van der Waals surface area contributed by atoms with E-state index in [2.05, 4.69) is 43.0 Å². The van der Waals surface area contributed by atoms with Crippen LogP contribution in [-0.4, -0.2) is 29.1 Å². The summed E-state index contributed by atoms with van der Waals surface area (Å²) in [4.78, 5) is 5.44. The van der Waals surface area contributed by atoms with Crippen LogP contribution in [0.15, 0.2) is 12.4 Å². The van der Waals surface area contributed by atoms with Gasteiger partial charge in [-0.3, -0.25) is 0 Å². The van der Waals surface area contributed by atoms with Crippen LogP contribution >= 0.6 is 0 Å². The highest BCUT2D eigenvalue weighted by Crippen LogP contribution is 2.24. The summed E-state index contributed by atoms with van der Waals surface area (Å²) in [5.41, 5.74) is 0. The van der Waals surface area contributed by atoms with Crippen LogP contribution in [0.25, 0.3) is 0 Å². The largest absolute Gasteiger partial charge is 0.356 e. The Morgan fingerprint density at radius 1 is 0.310 bits per heavy atom. The molecule has 0 N–H and O–H groups in total. The first kappa shape index (κ1) is 39.4. The van der Waals surface area contributed by atoms with Crippen LogP contribution in [0.5, 0.6) is 0 Å². The molecule has 42 heavy (non-hydrogen) atoms. The average Bonchev–Trinajstić information content (AvgIpc) is 3.38. The fourth-order valence-electron chi connectivity index (χ4n) is 6.89. The maximum absolute atomic E-state index is 2.72. The van der Waals surface area contributed by atoms with E-state index < -0.39 is 0 Å². The maximum Gasteiger partial charge on any atom is 0.101 e. The Hall–Kier alpha value is -0.660. The number of rotatable bonds is 34. The molecule has 1 heterocycles. The van der Waals surface area contributed by atoms with Crippen molar-refractivity contribution in [3.05, 3.63) is 12.4 Å². The maximum atomic E-state index is 2.72. The van der Waals surface area contributed by atoms with Crippen molar-refractivity contribution in [2.45, 2.75) is 232 Å². The molecule has 0 saturated heterocycles. The first-order valence-corrected chi connectivity index (χ1v) is 20.0. The zero-order valence-electron chi connectivity index (χ0n) is 29.7. The molecule has 1 rings (SSSR count). The van der Waals surface area contributed by atoms with Gasteiger partial charge in [-0.25, -0.2) is 0 Å². The molecule has 2 heteroatoms. The molecular formula is C40H80N2. The topological polar surface area (TPSA) is 6.48 Å². The van der Waals surface area contributed by atoms with Gasteiger partial charge in [0.05, 0.1) is 0 Å². The third-order valence-electron chi connectivity index (χ3n) is 9.82. The Balaban J connectivity index is 2.22. The molecule has 2 nitrogen and oxygen atoms in total. The second-order valence-corrected chi connectivity index (χ2v) is 13.9. The fourth-order valence-corrected chi connectivity index (χ4v) is 6.89. The van der Waals surface area contributed by atoms with Crippen molar-refractivity contribution in [3.8, 4) is 0 Å². The van der Waals surface area contributed by atoms with Gasteiger partial charge in [-0.1, -0.05) is 201 Å². The summed E-state index contributed by atoms with van der Waals surface area (Å²) in [6, 6.07) is 0. The van der Waals surface area contributed by atoms with E-state index in [1.54, 1.807) is 0 Å². The highest BCUT2D eigenvalue weighted by atomic mass is 15.4. The molecule has 1 atom stereocenters. The van der Waals surface area contributed by atoms with Gasteiger partial charge in [-0.2, -0.15) is 0 Å². The highest BCUT2D eigenvalue weighted by Gasteiger charge is 2.24. The minimum atomic E-state index is 0.640. The zero-order valence-corrected chi connectivity index (χ0v) is 29.7. The molecule has 0 bridgehead atoms. The van der Waals surface area contributed by atoms with Crippen LogP contribution in [-0.2, 0) is 0 Å². The first-order chi connectivity index (χ1) is 20.8. The molecular weight excluding hydrogens is 508 g/mol. The summed E-state index contributed by atoms with van der Waals surface area (Å²) in [6.45, 7) is 9.48. The lowest BCUT2D eigenvalue weighted by atomic mass is 10.0. The van der Waals surface area contributed by atoms with E-state index in [0.717, 1.165) is 0 Å². The second-order valence-electron chi connectivity index (χ2n) is 13.9. The van der Waals surface area contributed by atoms with Crippen LogP contribution in [0, 0.1) is 0 Å². The molecule has 0 aromatic rings. The lowest BCUT2D eigenvalue weighted by Crippen LogP contribution is -2.39. The molecule has 0 spiro atoms. The van der Waals surface area contributed by atoms with Gasteiger partial charge in [-0.05, 0) is 25.7 Å². The lowest BCUT2D eigenvalue weighted by Gasteiger charge is -2.33. The number of hydrogen-bond acceptors (Lipinski definition) is 2. The molecule has 0 saturated carbocycles. The number of unbranched alkanes of at least 4 members (excludes halogenated alkanes) is 28. The van der Waals surface area contributed by atoms with E-state index in [9.17, 15) is 0 Å². The van der Waals surface area contributed by atoms with Crippen molar-refractivity contribution in [1.82, 2.24) is 9.80 Å². The standard InChI is InChI=1S/C40H80N2/c1-4-7-10-13-16-19-21-23-25-28-31-34-37-42-39-38-41(36-33-30-27-18-15-12-9-6-3)40(42)35-32-29-26-24-22-20-17-14-11-8-5-2/h38-40H,4-37H2,1-3H3. The predicted molar refractivity (Wildman–Crippen MR) is 191 cm³/mol. The van der Waals surface area contributed by atoms with Gasteiger partial charge in [0.2, 0.25) is 0 Å². The van der Waals surface area contributed by atoms with Crippen molar-refractivity contribution in [1.29, 1.82) is 0 Å². The molecule has 0 aromatic heterocycles. The highest BCUT2D eigenvalue weighted by molar-refractivity contribution is 4.97. The quantitative estimate of drug-likeness (QED) is 0.0690. The van der Waals surface area contributed by atoms with Crippen molar-refractivity contribution in [2.75, 3.05) is 13.1 Å². The second kappa shape index (κ2) is 31.8. The first-order valence-electron chi connectivity index (χ1n) is 20.0. The van der Waals surface area contributed by atoms with Gasteiger partial charge in [-0.15, -0.1) is 0 Å². The summed E-state index contributed by atoms with van der Waals surface area (Å²) in [7, 11) is 0. The smallest absolute Gasteiger partial charge is 0.101 e. The summed E-state index contributed by atoms with van der Waals surface area (Å²) in [6.07, 6.45) is 51.4. The van der Waals surface area contributed by atoms with Crippen LogP contribution < -0.4 is 0 Å². The minimum Gasteiger partial charge on any atom is -0.356 e. The van der Waals surface area contributed by atoms with Gasteiger partial charge < -0.3 is 9.80 Å². The average molecular weight is 589 g/mol. The van der Waals surface area contributed by atoms with Crippen LogP contribution in [0.2, 0.25) is 0 Å². The summed E-state index contributed by atoms with van der Waals surface area (Å²) < 4.78 is 0. The molecule has 250 valence electrons. The molecule has 1 unspecified atom stereocenters. The van der Waals surface area contributed by atoms with Gasteiger partial charge in [0.25, 0.3) is 0 Å². The van der Waals surface area contributed by atoms with E-state index in [1.807, 2.05) is 0 Å². The van der Waals surface area contributed by atoms with Gasteiger partial charge >= 0.3 is 0 Å². The van der Waals surface area contributed by atoms with E-state index >= 15 is 0 Å². The Labute approximate surface area is 267 Å². The summed E-state index contributed by atoms with van der Waals surface area (Å²) in [5.74, 6) is 0. The molecule has 0 fully saturated rings. The summed E-state index contributed by atoms with van der Waals surface area (Å²) >= 11 is 0. The van der Waals surface area contributed by atoms with Gasteiger partial charge in [0, 0.05) is 25.5 Å². The Morgan fingerprint density at radius 3 is 0.833 bits per heavy atom. The normalized spacial score (nSPS) is 15.0. The van der Waals surface area contributed by atoms with E-state index in [0.29, 0.717) is 6.17 Å². The van der Waals surface area contributed by atoms with Crippen molar-refractivity contribution >= 4 is 0 Å². The lowest BCUT2D eigenvalue weighted by molar-refractivity contribution is 0.135. The Morgan fingerprint density at radius 2 is 0.548 bits per heavy atom. The number of hydrogen-bond donors (Lipinski definition) is 0. The molecule has 0 aliphatic carbocycles. The Bertz CT molecular complexity index is 544. The van der Waals surface area contributed by atoms with E-state index in [-0.39, 0.29) is 0 Å². The minimum absolute atomic E-state index is 0.640. The van der Waals surface area contributed by atoms with Crippen molar-refractivity contribution < 1.29 is 0 Å². The van der Waals surface area contributed by atoms with Gasteiger partial charge in [0.1, 0.15) is 6.17 Å². The van der Waals surface area contributed by atoms with E-state index in [4.69, 9.17) is 0 Å². The third kappa shape index (κ3) is 23.8. The third-order valence-corrected chi connectivity index (χ3v) is 9.82. The van der Waals surface area contributed by atoms with Crippen molar-refractivity contribution in [3.63, 3.8) is 0 Å². The molecule has 0 radical (unpaired) electrons. The monoisotopic (exact) mass is 589 g/mol. The zero-order chi connectivity index (χ0) is 30.2. The Kier molecular flexibility index (Phi) is 29.8. The van der Waals surface area contributed by atoms with Crippen LogP contribution in [0.3, 0.4) is 0 Å². The predicted octanol–water partition coefficient (Wildman–Crippen LogP) is 13.9.